The van der Waals surface area contributed by atoms with Gasteiger partial charge in [0.2, 0.25) is 0 Å². The molecular formula is C20H30IN5O. The van der Waals surface area contributed by atoms with E-state index in [9.17, 15) is 0 Å². The third-order valence-electron chi connectivity index (χ3n) is 5.34. The second-order valence-electron chi connectivity index (χ2n) is 7.09. The van der Waals surface area contributed by atoms with E-state index in [0.29, 0.717) is 12.6 Å². The summed E-state index contributed by atoms with van der Waals surface area (Å²) in [6.07, 6.45) is 1.21. The van der Waals surface area contributed by atoms with Gasteiger partial charge in [0, 0.05) is 50.0 Å². The van der Waals surface area contributed by atoms with Gasteiger partial charge >= 0.3 is 0 Å². The lowest BCUT2D eigenvalue weighted by Gasteiger charge is -2.32. The Balaban J connectivity index is 0.00000210. The topological polar surface area (TPSA) is 55.9 Å². The number of benzene rings is 1. The number of aromatic nitrogens is 1. The second-order valence-corrected chi connectivity index (χ2v) is 7.09. The second kappa shape index (κ2) is 9.75. The number of halogens is 1. The van der Waals surface area contributed by atoms with Gasteiger partial charge in [-0.25, -0.2) is 4.99 Å². The summed E-state index contributed by atoms with van der Waals surface area (Å²) in [7, 11) is 0. The van der Waals surface area contributed by atoms with Crippen molar-refractivity contribution in [2.45, 2.75) is 25.9 Å². The molecule has 148 valence electrons. The maximum Gasteiger partial charge on any atom is 0.194 e. The molecule has 2 aromatic rings. The Bertz CT molecular complexity index is 723. The van der Waals surface area contributed by atoms with Gasteiger partial charge < -0.3 is 19.9 Å². The lowest BCUT2D eigenvalue weighted by atomic mass is 10.2. The van der Waals surface area contributed by atoms with E-state index in [1.807, 2.05) is 0 Å². The highest BCUT2D eigenvalue weighted by molar-refractivity contribution is 14.0. The molecule has 1 aromatic heterocycles. The molecule has 2 aliphatic heterocycles. The summed E-state index contributed by atoms with van der Waals surface area (Å²) in [5.74, 6) is 1.03. The maximum absolute atomic E-state index is 5.49. The monoisotopic (exact) mass is 483 g/mol. The van der Waals surface area contributed by atoms with E-state index < -0.39 is 0 Å². The Morgan fingerprint density at radius 2 is 2.07 bits per heavy atom. The zero-order valence-electron chi connectivity index (χ0n) is 16.0. The molecule has 0 spiro atoms. The third kappa shape index (κ3) is 4.94. The predicted molar refractivity (Wildman–Crippen MR) is 121 cm³/mol. The number of fused-ring (bicyclic) bond motifs is 1. The third-order valence-corrected chi connectivity index (χ3v) is 5.34. The van der Waals surface area contributed by atoms with Crippen LogP contribution in [0.5, 0.6) is 0 Å². The number of hydrogen-bond donors (Lipinski definition) is 2. The Morgan fingerprint density at radius 3 is 2.85 bits per heavy atom. The van der Waals surface area contributed by atoms with Gasteiger partial charge in [-0.3, -0.25) is 4.90 Å². The van der Waals surface area contributed by atoms with Gasteiger partial charge in [-0.1, -0.05) is 18.2 Å². The Morgan fingerprint density at radius 1 is 1.26 bits per heavy atom. The molecule has 27 heavy (non-hydrogen) atoms. The van der Waals surface area contributed by atoms with Crippen molar-refractivity contribution in [1.29, 1.82) is 0 Å². The molecule has 7 heteroatoms. The molecule has 4 rings (SSSR count). The number of hydrogen-bond acceptors (Lipinski definition) is 3. The average molecular weight is 483 g/mol. The summed E-state index contributed by atoms with van der Waals surface area (Å²) in [4.78, 5) is 13.3. The molecule has 1 atom stereocenters. The fraction of sp³-hybridized carbons (Fsp3) is 0.550. The number of rotatable bonds is 4. The number of H-pyrrole nitrogens is 1. The molecule has 2 fully saturated rings. The van der Waals surface area contributed by atoms with Gasteiger partial charge in [0.1, 0.15) is 0 Å². The Hall–Kier alpha value is -1.32. The van der Waals surface area contributed by atoms with Crippen LogP contribution in [0.4, 0.5) is 0 Å². The quantitative estimate of drug-likeness (QED) is 0.399. The normalized spacial score (nSPS) is 21.4. The summed E-state index contributed by atoms with van der Waals surface area (Å²) in [6, 6.07) is 11.2. The van der Waals surface area contributed by atoms with Crippen molar-refractivity contribution in [1.82, 2.24) is 20.1 Å². The average Bonchev–Trinajstić information content (AvgIpc) is 3.32. The van der Waals surface area contributed by atoms with Gasteiger partial charge in [0.15, 0.2) is 5.96 Å². The largest absolute Gasteiger partial charge is 0.379 e. The van der Waals surface area contributed by atoms with Crippen molar-refractivity contribution in [3.05, 3.63) is 36.0 Å². The molecule has 2 saturated heterocycles. The first-order chi connectivity index (χ1) is 12.8. The van der Waals surface area contributed by atoms with Crippen LogP contribution >= 0.6 is 24.0 Å². The molecule has 0 amide bonds. The molecule has 0 aliphatic carbocycles. The fourth-order valence-electron chi connectivity index (χ4n) is 3.98. The van der Waals surface area contributed by atoms with Crippen molar-refractivity contribution < 1.29 is 4.74 Å². The number of morpholine rings is 1. The van der Waals surface area contributed by atoms with E-state index in [2.05, 4.69) is 57.4 Å². The minimum atomic E-state index is 0. The standard InChI is InChI=1S/C20H29N5O.HI/c1-2-21-20(22-14-17-13-16-5-3-4-6-19(16)23-17)25-8-7-18(15-25)24-9-11-26-12-10-24;/h3-6,13,18,23H,2,7-12,14-15H2,1H3,(H,21,22);1H. The van der Waals surface area contributed by atoms with Crippen molar-refractivity contribution in [3.8, 4) is 0 Å². The fourth-order valence-corrected chi connectivity index (χ4v) is 3.98. The van der Waals surface area contributed by atoms with E-state index >= 15 is 0 Å². The molecule has 3 heterocycles. The molecule has 1 aromatic carbocycles. The lowest BCUT2D eigenvalue weighted by molar-refractivity contribution is 0.0195. The van der Waals surface area contributed by atoms with Crippen LogP contribution in [0.2, 0.25) is 0 Å². The van der Waals surface area contributed by atoms with Crippen LogP contribution in [0.15, 0.2) is 35.3 Å². The lowest BCUT2D eigenvalue weighted by Crippen LogP contribution is -2.46. The summed E-state index contributed by atoms with van der Waals surface area (Å²) >= 11 is 0. The highest BCUT2D eigenvalue weighted by Gasteiger charge is 2.30. The van der Waals surface area contributed by atoms with E-state index in [4.69, 9.17) is 9.73 Å². The first kappa shape index (κ1) is 20.4. The smallest absolute Gasteiger partial charge is 0.194 e. The molecule has 0 bridgehead atoms. The number of nitrogens with one attached hydrogen (secondary N) is 2. The van der Waals surface area contributed by atoms with E-state index in [1.54, 1.807) is 0 Å². The zero-order valence-corrected chi connectivity index (χ0v) is 18.3. The van der Waals surface area contributed by atoms with E-state index in [0.717, 1.165) is 57.6 Å². The van der Waals surface area contributed by atoms with Crippen LogP contribution < -0.4 is 5.32 Å². The van der Waals surface area contributed by atoms with E-state index in [1.165, 1.54) is 17.3 Å². The molecule has 2 aliphatic rings. The first-order valence-corrected chi connectivity index (χ1v) is 9.75. The van der Waals surface area contributed by atoms with Crippen molar-refractivity contribution in [2.24, 2.45) is 4.99 Å². The highest BCUT2D eigenvalue weighted by atomic mass is 127. The van der Waals surface area contributed by atoms with Crippen molar-refractivity contribution in [3.63, 3.8) is 0 Å². The number of aromatic amines is 1. The van der Waals surface area contributed by atoms with Gasteiger partial charge in [-0.2, -0.15) is 0 Å². The number of aliphatic imine (C=N–C) groups is 1. The number of likely N-dealkylation sites (tertiary alicyclic amines) is 1. The molecular weight excluding hydrogens is 453 g/mol. The van der Waals surface area contributed by atoms with Gasteiger partial charge in [0.25, 0.3) is 0 Å². The number of para-hydroxylation sites is 1. The van der Waals surface area contributed by atoms with Gasteiger partial charge in [-0.15, -0.1) is 24.0 Å². The van der Waals surface area contributed by atoms with Crippen LogP contribution in [0.3, 0.4) is 0 Å². The van der Waals surface area contributed by atoms with Crippen LogP contribution in [0.1, 0.15) is 19.0 Å². The van der Waals surface area contributed by atoms with Gasteiger partial charge in [0.05, 0.1) is 19.8 Å². The number of guanidine groups is 1. The predicted octanol–water partition coefficient (Wildman–Crippen LogP) is 2.66. The molecule has 1 unspecified atom stereocenters. The maximum atomic E-state index is 5.49. The SMILES string of the molecule is CCNC(=NCc1cc2ccccc2[nH]1)N1CCC(N2CCOCC2)C1.I. The Kier molecular flexibility index (Phi) is 7.37. The number of ether oxygens (including phenoxy) is 1. The Labute approximate surface area is 178 Å². The van der Waals surface area contributed by atoms with Crippen molar-refractivity contribution in [2.75, 3.05) is 45.9 Å². The minimum absolute atomic E-state index is 0. The summed E-state index contributed by atoms with van der Waals surface area (Å²) in [5.41, 5.74) is 2.33. The summed E-state index contributed by atoms with van der Waals surface area (Å²) < 4.78 is 5.49. The highest BCUT2D eigenvalue weighted by Crippen LogP contribution is 2.18. The molecule has 6 nitrogen and oxygen atoms in total. The van der Waals surface area contributed by atoms with Crippen molar-refractivity contribution >= 4 is 40.8 Å². The first-order valence-electron chi connectivity index (χ1n) is 9.75. The molecule has 0 radical (unpaired) electrons. The van der Waals surface area contributed by atoms with Crippen LogP contribution in [0, 0.1) is 0 Å². The number of nitrogens with zero attached hydrogens (tertiary/aromatic N) is 3. The summed E-state index contributed by atoms with van der Waals surface area (Å²) in [5, 5.41) is 4.72. The summed E-state index contributed by atoms with van der Waals surface area (Å²) in [6.45, 7) is 9.67. The molecule has 0 saturated carbocycles. The minimum Gasteiger partial charge on any atom is -0.379 e. The zero-order chi connectivity index (χ0) is 17.8. The van der Waals surface area contributed by atoms with Crippen LogP contribution in [-0.4, -0.2) is 72.7 Å². The van der Waals surface area contributed by atoms with E-state index in [-0.39, 0.29) is 24.0 Å². The van der Waals surface area contributed by atoms with Gasteiger partial charge in [-0.05, 0) is 30.9 Å². The molecule has 2 N–H and O–H groups in total. The van der Waals surface area contributed by atoms with Crippen LogP contribution in [-0.2, 0) is 11.3 Å². The van der Waals surface area contributed by atoms with Crippen LogP contribution in [0.25, 0.3) is 10.9 Å².